The van der Waals surface area contributed by atoms with Crippen molar-refractivity contribution in [3.8, 4) is 12.3 Å². The molecule has 1 heterocycles. The lowest BCUT2D eigenvalue weighted by Crippen LogP contribution is -2.16. The van der Waals surface area contributed by atoms with Gasteiger partial charge in [0.1, 0.15) is 5.82 Å². The van der Waals surface area contributed by atoms with E-state index in [1.54, 1.807) is 12.1 Å². The summed E-state index contributed by atoms with van der Waals surface area (Å²) in [6, 6.07) is 7.47. The largest absolute Gasteiger partial charge is 0.331 e. The molecule has 4 rings (SSSR count). The quantitative estimate of drug-likeness (QED) is 0.295. The maximum absolute atomic E-state index is 13.1. The first-order valence-corrected chi connectivity index (χ1v) is 12.0. The summed E-state index contributed by atoms with van der Waals surface area (Å²) in [4.78, 5) is 17.9. The van der Waals surface area contributed by atoms with Crippen LogP contribution in [-0.4, -0.2) is 15.3 Å². The van der Waals surface area contributed by atoms with Gasteiger partial charge in [-0.2, -0.15) is 0 Å². The molecule has 166 valence electrons. The van der Waals surface area contributed by atoms with Gasteiger partial charge in [0.2, 0.25) is 0 Å². The number of benzene rings is 2. The van der Waals surface area contributed by atoms with Crippen LogP contribution >= 0.6 is 23.2 Å². The van der Waals surface area contributed by atoms with E-state index in [1.807, 2.05) is 30.7 Å². The van der Waals surface area contributed by atoms with E-state index in [0.717, 1.165) is 52.3 Å². The van der Waals surface area contributed by atoms with Crippen molar-refractivity contribution >= 4 is 40.0 Å². The third-order valence-electron chi connectivity index (χ3n) is 6.87. The Morgan fingerprint density at radius 2 is 1.94 bits per heavy atom. The number of Topliss-reactive ketones (excluding diaryl/α,β-unsaturated/α-hetero) is 1. The van der Waals surface area contributed by atoms with Gasteiger partial charge in [0.15, 0.2) is 5.78 Å². The predicted octanol–water partition coefficient (Wildman–Crippen LogP) is 7.16. The summed E-state index contributed by atoms with van der Waals surface area (Å²) < 4.78 is 2.02. The minimum absolute atomic E-state index is 0.104. The van der Waals surface area contributed by atoms with Gasteiger partial charge in [-0.3, -0.25) is 4.79 Å². The monoisotopic (exact) mass is 466 g/mol. The van der Waals surface area contributed by atoms with Crippen LogP contribution in [0, 0.1) is 31.1 Å². The average Bonchev–Trinajstić information content (AvgIpc) is 3.08. The normalized spacial score (nSPS) is 18.6. The summed E-state index contributed by atoms with van der Waals surface area (Å²) in [6.07, 6.45) is 11.2. The zero-order valence-electron chi connectivity index (χ0n) is 18.8. The lowest BCUT2D eigenvalue weighted by Gasteiger charge is -2.25. The van der Waals surface area contributed by atoms with Gasteiger partial charge >= 0.3 is 0 Å². The minimum atomic E-state index is 0.104. The molecule has 3 aromatic rings. The van der Waals surface area contributed by atoms with Gasteiger partial charge in [0.25, 0.3) is 0 Å². The number of carbonyl (C=O) groups is 1. The molecule has 2 aromatic carbocycles. The molecule has 5 heteroatoms. The molecule has 0 saturated heterocycles. The van der Waals surface area contributed by atoms with E-state index in [4.69, 9.17) is 34.6 Å². The van der Waals surface area contributed by atoms with E-state index in [-0.39, 0.29) is 5.78 Å². The molecule has 1 aliphatic carbocycles. The number of imidazole rings is 1. The van der Waals surface area contributed by atoms with Crippen molar-refractivity contribution in [2.75, 3.05) is 0 Å². The molecule has 1 fully saturated rings. The Hall–Kier alpha value is -2.28. The first-order valence-electron chi connectivity index (χ1n) is 11.2. The van der Waals surface area contributed by atoms with Crippen LogP contribution in [0.3, 0.4) is 0 Å². The van der Waals surface area contributed by atoms with E-state index in [0.29, 0.717) is 34.4 Å². The van der Waals surface area contributed by atoms with Crippen LogP contribution in [0.4, 0.5) is 0 Å². The number of terminal acetylenes is 1. The summed E-state index contributed by atoms with van der Waals surface area (Å²) in [5.74, 6) is 4.84. The number of hydrogen-bond acceptors (Lipinski definition) is 2. The van der Waals surface area contributed by atoms with E-state index in [1.165, 1.54) is 12.8 Å². The van der Waals surface area contributed by atoms with Gasteiger partial charge in [0, 0.05) is 36.0 Å². The molecule has 32 heavy (non-hydrogen) atoms. The molecular formula is C27H28Cl2N2O. The first-order chi connectivity index (χ1) is 15.3. The summed E-state index contributed by atoms with van der Waals surface area (Å²) in [5, 5.41) is 0.992. The average molecular weight is 467 g/mol. The van der Waals surface area contributed by atoms with Crippen molar-refractivity contribution < 1.29 is 4.79 Å². The lowest BCUT2D eigenvalue weighted by atomic mass is 9.80. The number of nitrogens with zero attached hydrogens (tertiary/aromatic N) is 2. The fourth-order valence-corrected chi connectivity index (χ4v) is 5.39. The smallest absolute Gasteiger partial charge is 0.164 e. The number of rotatable bonds is 5. The Morgan fingerprint density at radius 1 is 1.22 bits per heavy atom. The third-order valence-corrected chi connectivity index (χ3v) is 7.65. The molecule has 0 amide bonds. The SMILES string of the molecule is C#Cc1cc(C)c2nc(Cc3c(Cl)ccc(C(=O)CC4CCC(C)CC4)c3Cl)n(C)c2c1. The van der Waals surface area contributed by atoms with Gasteiger partial charge in [0.05, 0.1) is 16.1 Å². The standard InChI is InChI=1S/C27H28Cl2N2O/c1-5-18-12-17(3)27-23(13-18)31(4)25(30-27)15-21-22(28)11-10-20(26(21)29)24(32)14-19-8-6-16(2)7-9-19/h1,10-13,16,19H,6-9,14-15H2,2-4H3. The van der Waals surface area contributed by atoms with Crippen molar-refractivity contribution in [1.29, 1.82) is 0 Å². The second-order valence-corrected chi connectivity index (χ2v) is 9.99. The Labute approximate surface area is 200 Å². The molecule has 0 unspecified atom stereocenters. The maximum atomic E-state index is 13.1. The number of hydrogen-bond donors (Lipinski definition) is 0. The molecule has 1 aromatic heterocycles. The molecule has 0 atom stereocenters. The number of carbonyl (C=O) groups excluding carboxylic acids is 1. The van der Waals surface area contributed by atoms with Crippen molar-refractivity contribution in [2.45, 2.75) is 52.4 Å². The topological polar surface area (TPSA) is 34.9 Å². The Bertz CT molecular complexity index is 1230. The molecular weight excluding hydrogens is 439 g/mol. The summed E-state index contributed by atoms with van der Waals surface area (Å²) in [5.41, 5.74) is 5.04. The van der Waals surface area contributed by atoms with Crippen LogP contribution < -0.4 is 0 Å². The molecule has 0 N–H and O–H groups in total. The van der Waals surface area contributed by atoms with Gasteiger partial charge in [-0.25, -0.2) is 4.98 Å². The number of halogens is 2. The second kappa shape index (κ2) is 9.30. The highest BCUT2D eigenvalue weighted by Crippen LogP contribution is 2.35. The summed E-state index contributed by atoms with van der Waals surface area (Å²) in [7, 11) is 1.96. The number of aryl methyl sites for hydroxylation is 2. The number of fused-ring (bicyclic) bond motifs is 1. The Morgan fingerprint density at radius 3 is 2.62 bits per heavy atom. The van der Waals surface area contributed by atoms with Crippen molar-refractivity contribution in [3.05, 3.63) is 62.4 Å². The van der Waals surface area contributed by atoms with E-state index in [2.05, 4.69) is 12.8 Å². The van der Waals surface area contributed by atoms with Gasteiger partial charge < -0.3 is 4.57 Å². The van der Waals surface area contributed by atoms with Crippen LogP contribution in [-0.2, 0) is 13.5 Å². The highest BCUT2D eigenvalue weighted by atomic mass is 35.5. The van der Waals surface area contributed by atoms with E-state index in [9.17, 15) is 4.79 Å². The molecule has 0 spiro atoms. The zero-order chi connectivity index (χ0) is 23.0. The number of ketones is 1. The molecule has 3 nitrogen and oxygen atoms in total. The third kappa shape index (κ3) is 4.45. The van der Waals surface area contributed by atoms with Crippen molar-refractivity contribution in [2.24, 2.45) is 18.9 Å². The molecule has 0 bridgehead atoms. The molecule has 0 aliphatic heterocycles. The molecule has 1 saturated carbocycles. The van der Waals surface area contributed by atoms with Crippen LogP contribution in [0.5, 0.6) is 0 Å². The Kier molecular flexibility index (Phi) is 6.65. The second-order valence-electron chi connectivity index (χ2n) is 9.21. The fourth-order valence-electron chi connectivity index (χ4n) is 4.79. The van der Waals surface area contributed by atoms with E-state index >= 15 is 0 Å². The van der Waals surface area contributed by atoms with Crippen LogP contribution in [0.15, 0.2) is 24.3 Å². The van der Waals surface area contributed by atoms with Crippen molar-refractivity contribution in [1.82, 2.24) is 9.55 Å². The number of aromatic nitrogens is 2. The summed E-state index contributed by atoms with van der Waals surface area (Å²) >= 11 is 13.3. The maximum Gasteiger partial charge on any atom is 0.164 e. The first kappa shape index (κ1) is 22.9. The molecule has 1 aliphatic rings. The fraction of sp³-hybridized carbons (Fsp3) is 0.407. The zero-order valence-corrected chi connectivity index (χ0v) is 20.4. The van der Waals surface area contributed by atoms with E-state index < -0.39 is 0 Å². The van der Waals surface area contributed by atoms with Crippen LogP contribution in [0.1, 0.15) is 71.9 Å². The van der Waals surface area contributed by atoms with Crippen LogP contribution in [0.2, 0.25) is 10.0 Å². The van der Waals surface area contributed by atoms with Gasteiger partial charge in [-0.1, -0.05) is 48.9 Å². The van der Waals surface area contributed by atoms with Gasteiger partial charge in [-0.05, 0) is 67.0 Å². The van der Waals surface area contributed by atoms with Crippen molar-refractivity contribution in [3.63, 3.8) is 0 Å². The minimum Gasteiger partial charge on any atom is -0.331 e. The van der Waals surface area contributed by atoms with Gasteiger partial charge in [-0.15, -0.1) is 6.42 Å². The predicted molar refractivity (Wildman–Crippen MR) is 133 cm³/mol. The Balaban J connectivity index is 1.64. The van der Waals surface area contributed by atoms with Crippen LogP contribution in [0.25, 0.3) is 11.0 Å². The molecule has 0 radical (unpaired) electrons. The highest BCUT2D eigenvalue weighted by molar-refractivity contribution is 6.38. The lowest BCUT2D eigenvalue weighted by molar-refractivity contribution is 0.0944. The summed E-state index contributed by atoms with van der Waals surface area (Å²) in [6.45, 7) is 4.29. The highest BCUT2D eigenvalue weighted by Gasteiger charge is 2.24.